The number of anilines is 2. The fraction of sp³-hybridized carbons (Fsp3) is 0.100. The molecule has 3 amide bonds. The van der Waals surface area contributed by atoms with Gasteiger partial charge in [0.05, 0.1) is 16.0 Å². The molecule has 3 aromatic carbocycles. The van der Waals surface area contributed by atoms with Crippen LogP contribution < -0.4 is 16.0 Å². The third kappa shape index (κ3) is 8.22. The number of nitrogens with one attached hydrogen (secondary N) is 3. The Kier molecular flexibility index (Phi) is 10.4. The number of benzene rings is 3. The lowest BCUT2D eigenvalue weighted by atomic mass is 10.2. The van der Waals surface area contributed by atoms with E-state index in [0.717, 1.165) is 9.77 Å². The van der Waals surface area contributed by atoms with E-state index in [-0.39, 0.29) is 17.5 Å². The number of hydrogen-bond donors (Lipinski definition) is 3. The van der Waals surface area contributed by atoms with Crippen molar-refractivity contribution >= 4 is 81.5 Å². The highest BCUT2D eigenvalue weighted by atomic mass is 35.5. The second-order valence-electron chi connectivity index (χ2n) is 8.50. The molecule has 0 spiro atoms. The summed E-state index contributed by atoms with van der Waals surface area (Å²) in [5, 5.41) is 10.8. The van der Waals surface area contributed by atoms with Crippen LogP contribution in [0.1, 0.15) is 28.6 Å². The molecule has 4 aromatic rings. The second-order valence-corrected chi connectivity index (χ2v) is 11.6. The molecule has 0 aliphatic rings. The van der Waals surface area contributed by atoms with Gasteiger partial charge in [-0.25, -0.2) is 0 Å². The van der Waals surface area contributed by atoms with E-state index in [1.54, 1.807) is 66.7 Å². The molecule has 1 atom stereocenters. The second kappa shape index (κ2) is 14.2. The topological polar surface area (TPSA) is 87.3 Å². The Labute approximate surface area is 250 Å². The third-order valence-corrected chi connectivity index (χ3v) is 8.31. The molecule has 0 saturated carbocycles. The predicted molar refractivity (Wildman–Crippen MR) is 166 cm³/mol. The van der Waals surface area contributed by atoms with Crippen LogP contribution in [0.2, 0.25) is 10.0 Å². The maximum Gasteiger partial charge on any atom is 0.272 e. The maximum atomic E-state index is 13.3. The van der Waals surface area contributed by atoms with Gasteiger partial charge in [0, 0.05) is 26.0 Å². The first-order valence-electron chi connectivity index (χ1n) is 12.3. The molecule has 0 aliphatic carbocycles. The number of carbonyl (C=O) groups excluding carboxylic acids is 3. The van der Waals surface area contributed by atoms with Gasteiger partial charge in [-0.2, -0.15) is 0 Å². The molecule has 0 saturated heterocycles. The minimum atomic E-state index is -0.470. The molecule has 1 unspecified atom stereocenters. The summed E-state index contributed by atoms with van der Waals surface area (Å²) in [6.45, 7) is 1.92. The van der Waals surface area contributed by atoms with Crippen LogP contribution in [0.15, 0.2) is 101 Å². The van der Waals surface area contributed by atoms with Gasteiger partial charge in [-0.1, -0.05) is 60.5 Å². The molecule has 4 rings (SSSR count). The van der Waals surface area contributed by atoms with E-state index >= 15 is 0 Å². The Hall–Kier alpha value is -3.56. The zero-order valence-corrected chi connectivity index (χ0v) is 24.5. The van der Waals surface area contributed by atoms with E-state index in [0.29, 0.717) is 33.4 Å². The quantitative estimate of drug-likeness (QED) is 0.126. The number of rotatable bonds is 10. The van der Waals surface area contributed by atoms with Crippen molar-refractivity contribution < 1.29 is 14.4 Å². The first kappa shape index (κ1) is 29.4. The lowest BCUT2D eigenvalue weighted by Gasteiger charge is -2.16. The van der Waals surface area contributed by atoms with Crippen LogP contribution in [0.5, 0.6) is 0 Å². The summed E-state index contributed by atoms with van der Waals surface area (Å²) >= 11 is 15.0. The van der Waals surface area contributed by atoms with Gasteiger partial charge in [0.25, 0.3) is 11.8 Å². The minimum Gasteiger partial charge on any atom is -0.324 e. The van der Waals surface area contributed by atoms with Crippen molar-refractivity contribution in [2.24, 2.45) is 0 Å². The van der Waals surface area contributed by atoms with E-state index in [1.165, 1.54) is 23.1 Å². The number of amides is 3. The summed E-state index contributed by atoms with van der Waals surface area (Å²) in [6, 6.07) is 24.5. The van der Waals surface area contributed by atoms with Crippen molar-refractivity contribution in [1.82, 2.24) is 5.32 Å². The summed E-state index contributed by atoms with van der Waals surface area (Å²) in [5.41, 5.74) is 1.56. The van der Waals surface area contributed by atoms with Crippen LogP contribution in [0, 0.1) is 0 Å². The molecular weight excluding hydrogens is 585 g/mol. The minimum absolute atomic E-state index is 0.111. The summed E-state index contributed by atoms with van der Waals surface area (Å²) < 4.78 is 0. The number of thiophene rings is 1. The highest BCUT2D eigenvalue weighted by molar-refractivity contribution is 8.00. The molecule has 6 nitrogen and oxygen atoms in total. The SMILES string of the molecule is CCC(Sc1cccc(NC(=O)/C(=C/c2cccs2)NC(=O)c2ccccc2)c1)C(=O)Nc1ccc(Cl)cc1Cl. The van der Waals surface area contributed by atoms with Gasteiger partial charge in [0.1, 0.15) is 5.70 Å². The van der Waals surface area contributed by atoms with Crippen molar-refractivity contribution in [2.45, 2.75) is 23.5 Å². The van der Waals surface area contributed by atoms with Gasteiger partial charge in [-0.05, 0) is 72.5 Å². The molecule has 3 N–H and O–H groups in total. The standard InChI is InChI=1S/C30H25Cl2N3O3S2/c1-2-27(30(38)34-25-14-13-20(31)16-24(25)32)40-23-11-6-10-21(17-23)33-29(37)26(18-22-12-7-15-39-22)35-28(36)19-8-4-3-5-9-19/h3-18,27H,2H2,1H3,(H,33,37)(H,34,38)(H,35,36)/b26-18-. The molecule has 10 heteroatoms. The Morgan fingerprint density at radius 1 is 0.925 bits per heavy atom. The van der Waals surface area contributed by atoms with Crippen LogP contribution in [0.4, 0.5) is 11.4 Å². The van der Waals surface area contributed by atoms with E-state index in [1.807, 2.05) is 36.6 Å². The van der Waals surface area contributed by atoms with Crippen molar-refractivity contribution in [3.63, 3.8) is 0 Å². The highest BCUT2D eigenvalue weighted by Gasteiger charge is 2.20. The lowest BCUT2D eigenvalue weighted by molar-refractivity contribution is -0.116. The number of thioether (sulfide) groups is 1. The van der Waals surface area contributed by atoms with Crippen molar-refractivity contribution in [3.05, 3.63) is 116 Å². The number of halogens is 2. The predicted octanol–water partition coefficient (Wildman–Crippen LogP) is 7.97. The van der Waals surface area contributed by atoms with Gasteiger partial charge < -0.3 is 16.0 Å². The maximum absolute atomic E-state index is 13.3. The van der Waals surface area contributed by atoms with Crippen LogP contribution in [-0.2, 0) is 9.59 Å². The highest BCUT2D eigenvalue weighted by Crippen LogP contribution is 2.31. The van der Waals surface area contributed by atoms with Crippen molar-refractivity contribution in [3.8, 4) is 0 Å². The Balaban J connectivity index is 1.47. The van der Waals surface area contributed by atoms with Crippen LogP contribution in [-0.4, -0.2) is 23.0 Å². The van der Waals surface area contributed by atoms with Crippen LogP contribution in [0.3, 0.4) is 0 Å². The molecule has 0 aliphatic heterocycles. The fourth-order valence-electron chi connectivity index (χ4n) is 3.59. The fourth-order valence-corrected chi connectivity index (χ4v) is 5.72. The summed E-state index contributed by atoms with van der Waals surface area (Å²) in [5.74, 6) is -1.06. The van der Waals surface area contributed by atoms with Crippen LogP contribution in [0.25, 0.3) is 6.08 Å². The Morgan fingerprint density at radius 3 is 2.42 bits per heavy atom. The van der Waals surface area contributed by atoms with Crippen molar-refractivity contribution in [1.29, 1.82) is 0 Å². The average molecular weight is 611 g/mol. The van der Waals surface area contributed by atoms with E-state index in [2.05, 4.69) is 16.0 Å². The molecule has 204 valence electrons. The average Bonchev–Trinajstić information content (AvgIpc) is 3.46. The summed E-state index contributed by atoms with van der Waals surface area (Å²) in [6.07, 6.45) is 2.20. The molecule has 0 radical (unpaired) electrons. The molecular formula is C30H25Cl2N3O3S2. The molecule has 0 bridgehead atoms. The summed E-state index contributed by atoms with van der Waals surface area (Å²) in [4.78, 5) is 40.7. The molecule has 0 fully saturated rings. The Morgan fingerprint density at radius 2 is 1.73 bits per heavy atom. The zero-order valence-electron chi connectivity index (χ0n) is 21.3. The van der Waals surface area contributed by atoms with Gasteiger partial charge in [0.2, 0.25) is 5.91 Å². The molecule has 1 aromatic heterocycles. The summed E-state index contributed by atoms with van der Waals surface area (Å²) in [7, 11) is 0. The first-order valence-corrected chi connectivity index (χ1v) is 14.8. The van der Waals surface area contributed by atoms with Crippen molar-refractivity contribution in [2.75, 3.05) is 10.6 Å². The van der Waals surface area contributed by atoms with Gasteiger partial charge in [-0.15, -0.1) is 23.1 Å². The largest absolute Gasteiger partial charge is 0.324 e. The van der Waals surface area contributed by atoms with E-state index < -0.39 is 11.2 Å². The van der Waals surface area contributed by atoms with Gasteiger partial charge in [-0.3, -0.25) is 14.4 Å². The smallest absolute Gasteiger partial charge is 0.272 e. The number of carbonyl (C=O) groups is 3. The molecule has 1 heterocycles. The first-order chi connectivity index (χ1) is 19.3. The number of hydrogen-bond acceptors (Lipinski definition) is 5. The zero-order chi connectivity index (χ0) is 28.5. The van der Waals surface area contributed by atoms with Crippen LogP contribution >= 0.6 is 46.3 Å². The van der Waals surface area contributed by atoms with Gasteiger partial charge in [0.15, 0.2) is 0 Å². The third-order valence-electron chi connectivity index (χ3n) is 5.58. The normalized spacial score (nSPS) is 11.9. The van der Waals surface area contributed by atoms with E-state index in [9.17, 15) is 14.4 Å². The van der Waals surface area contributed by atoms with Gasteiger partial charge >= 0.3 is 0 Å². The lowest BCUT2D eigenvalue weighted by Crippen LogP contribution is -2.30. The van der Waals surface area contributed by atoms with E-state index in [4.69, 9.17) is 23.2 Å². The Bertz CT molecular complexity index is 1530. The monoisotopic (exact) mass is 609 g/mol. The molecule has 40 heavy (non-hydrogen) atoms.